The van der Waals surface area contributed by atoms with Crippen LogP contribution in [0.4, 0.5) is 5.69 Å². The number of amides is 1. The fourth-order valence-electron chi connectivity index (χ4n) is 1.47. The van der Waals surface area contributed by atoms with E-state index in [4.69, 9.17) is 6.42 Å². The van der Waals surface area contributed by atoms with Crippen molar-refractivity contribution in [1.29, 1.82) is 0 Å². The van der Waals surface area contributed by atoms with Crippen molar-refractivity contribution in [1.82, 2.24) is 5.32 Å². The van der Waals surface area contributed by atoms with Gasteiger partial charge in [-0.05, 0) is 18.6 Å². The molecule has 0 aromatic heterocycles. The van der Waals surface area contributed by atoms with E-state index in [-0.39, 0.29) is 18.5 Å². The average molecular weight is 230 g/mol. The first-order valence-corrected chi connectivity index (χ1v) is 5.78. The number of rotatable bonds is 6. The van der Waals surface area contributed by atoms with E-state index in [2.05, 4.69) is 16.6 Å². The molecule has 3 heteroatoms. The smallest absolute Gasteiger partial charge is 0.238 e. The molecule has 1 aromatic carbocycles. The van der Waals surface area contributed by atoms with Gasteiger partial charge >= 0.3 is 0 Å². The van der Waals surface area contributed by atoms with Crippen LogP contribution in [0.5, 0.6) is 0 Å². The number of benzene rings is 1. The topological polar surface area (TPSA) is 41.1 Å². The Hall–Kier alpha value is -1.79. The zero-order chi connectivity index (χ0) is 12.5. The Balaban J connectivity index is 2.33. The van der Waals surface area contributed by atoms with Gasteiger partial charge in [0.25, 0.3) is 0 Å². The van der Waals surface area contributed by atoms with Gasteiger partial charge < -0.3 is 10.6 Å². The molecule has 17 heavy (non-hydrogen) atoms. The molecule has 0 spiro atoms. The van der Waals surface area contributed by atoms with Crippen LogP contribution >= 0.6 is 0 Å². The zero-order valence-electron chi connectivity index (χ0n) is 10.1. The first kappa shape index (κ1) is 13.3. The first-order valence-electron chi connectivity index (χ1n) is 5.78. The molecule has 1 aromatic rings. The SMILES string of the molecule is C#CCC(CC)NCC(=O)Nc1ccccc1. The second kappa shape index (κ2) is 7.48. The second-order valence-electron chi connectivity index (χ2n) is 3.81. The summed E-state index contributed by atoms with van der Waals surface area (Å²) in [5.41, 5.74) is 0.810. The number of hydrogen-bond donors (Lipinski definition) is 2. The highest BCUT2D eigenvalue weighted by molar-refractivity contribution is 5.92. The Morgan fingerprint density at radius 1 is 1.41 bits per heavy atom. The van der Waals surface area contributed by atoms with E-state index in [9.17, 15) is 4.79 Å². The monoisotopic (exact) mass is 230 g/mol. The van der Waals surface area contributed by atoms with Crippen molar-refractivity contribution in [2.45, 2.75) is 25.8 Å². The lowest BCUT2D eigenvalue weighted by Gasteiger charge is -2.13. The molecule has 0 bridgehead atoms. The molecular weight excluding hydrogens is 212 g/mol. The molecule has 3 nitrogen and oxygen atoms in total. The lowest BCUT2D eigenvalue weighted by atomic mass is 10.1. The molecule has 0 heterocycles. The molecule has 1 unspecified atom stereocenters. The van der Waals surface area contributed by atoms with Crippen molar-refractivity contribution in [3.8, 4) is 12.3 Å². The minimum atomic E-state index is -0.0494. The van der Waals surface area contributed by atoms with Crippen LogP contribution < -0.4 is 10.6 Å². The third kappa shape index (κ3) is 5.19. The minimum absolute atomic E-state index is 0.0494. The molecule has 0 radical (unpaired) electrons. The van der Waals surface area contributed by atoms with Gasteiger partial charge in [-0.15, -0.1) is 12.3 Å². The van der Waals surface area contributed by atoms with Crippen molar-refractivity contribution < 1.29 is 4.79 Å². The minimum Gasteiger partial charge on any atom is -0.325 e. The van der Waals surface area contributed by atoms with Crippen molar-refractivity contribution in [3.05, 3.63) is 30.3 Å². The Morgan fingerprint density at radius 2 is 2.12 bits per heavy atom. The Morgan fingerprint density at radius 3 is 2.71 bits per heavy atom. The molecule has 0 saturated heterocycles. The molecule has 1 atom stereocenters. The van der Waals surface area contributed by atoms with Crippen molar-refractivity contribution >= 4 is 11.6 Å². The van der Waals surface area contributed by atoms with Crippen molar-refractivity contribution in [2.24, 2.45) is 0 Å². The maximum absolute atomic E-state index is 11.6. The normalized spacial score (nSPS) is 11.5. The summed E-state index contributed by atoms with van der Waals surface area (Å²) in [5.74, 6) is 2.55. The van der Waals surface area contributed by atoms with Crippen LogP contribution in [0.1, 0.15) is 19.8 Å². The van der Waals surface area contributed by atoms with Crippen LogP contribution in [-0.2, 0) is 4.79 Å². The van der Waals surface area contributed by atoms with Crippen LogP contribution in [0.3, 0.4) is 0 Å². The summed E-state index contributed by atoms with van der Waals surface area (Å²) < 4.78 is 0. The number of nitrogens with one attached hydrogen (secondary N) is 2. The van der Waals surface area contributed by atoms with E-state index < -0.39 is 0 Å². The Kier molecular flexibility index (Phi) is 5.84. The molecule has 0 aliphatic carbocycles. The maximum Gasteiger partial charge on any atom is 0.238 e. The molecule has 0 aliphatic rings. The van der Waals surface area contributed by atoms with Crippen LogP contribution in [0.15, 0.2) is 30.3 Å². The lowest BCUT2D eigenvalue weighted by molar-refractivity contribution is -0.115. The van der Waals surface area contributed by atoms with Crippen LogP contribution in [-0.4, -0.2) is 18.5 Å². The van der Waals surface area contributed by atoms with E-state index in [0.717, 1.165) is 12.1 Å². The summed E-state index contributed by atoms with van der Waals surface area (Å²) in [6, 6.07) is 9.61. The van der Waals surface area contributed by atoms with Gasteiger partial charge in [0.1, 0.15) is 0 Å². The van der Waals surface area contributed by atoms with E-state index in [0.29, 0.717) is 6.42 Å². The number of carbonyl (C=O) groups is 1. The predicted octanol–water partition coefficient (Wildman–Crippen LogP) is 2.02. The van der Waals surface area contributed by atoms with Gasteiger partial charge in [-0.1, -0.05) is 25.1 Å². The summed E-state index contributed by atoms with van der Waals surface area (Å²) in [4.78, 5) is 11.6. The highest BCUT2D eigenvalue weighted by Gasteiger charge is 2.07. The zero-order valence-corrected chi connectivity index (χ0v) is 10.1. The number of terminal acetylenes is 1. The number of anilines is 1. The molecule has 2 N–H and O–H groups in total. The number of hydrogen-bond acceptors (Lipinski definition) is 2. The highest BCUT2D eigenvalue weighted by atomic mass is 16.1. The van der Waals surface area contributed by atoms with Gasteiger partial charge in [-0.2, -0.15) is 0 Å². The quantitative estimate of drug-likeness (QED) is 0.734. The largest absolute Gasteiger partial charge is 0.325 e. The summed E-state index contributed by atoms with van der Waals surface area (Å²) >= 11 is 0. The van der Waals surface area contributed by atoms with Crippen LogP contribution in [0.2, 0.25) is 0 Å². The van der Waals surface area contributed by atoms with Gasteiger partial charge in [0.05, 0.1) is 6.54 Å². The lowest BCUT2D eigenvalue weighted by Crippen LogP contribution is -2.35. The van der Waals surface area contributed by atoms with Crippen LogP contribution in [0.25, 0.3) is 0 Å². The van der Waals surface area contributed by atoms with Gasteiger partial charge in [0, 0.05) is 18.2 Å². The molecule has 0 saturated carbocycles. The highest BCUT2D eigenvalue weighted by Crippen LogP contribution is 2.04. The third-order valence-corrected chi connectivity index (χ3v) is 2.47. The van der Waals surface area contributed by atoms with Gasteiger partial charge in [0.2, 0.25) is 5.91 Å². The summed E-state index contributed by atoms with van der Waals surface area (Å²) in [7, 11) is 0. The average Bonchev–Trinajstić information content (AvgIpc) is 2.35. The van der Waals surface area contributed by atoms with E-state index >= 15 is 0 Å². The standard InChI is InChI=1S/C14H18N2O/c1-3-8-12(4-2)15-11-14(17)16-13-9-6-5-7-10-13/h1,5-7,9-10,12,15H,4,8,11H2,2H3,(H,16,17). The van der Waals surface area contributed by atoms with Crippen molar-refractivity contribution in [2.75, 3.05) is 11.9 Å². The Bertz CT molecular complexity index is 381. The maximum atomic E-state index is 11.6. The molecule has 0 aliphatic heterocycles. The summed E-state index contributed by atoms with van der Waals surface area (Å²) in [6.07, 6.45) is 6.81. The Labute approximate surface area is 103 Å². The summed E-state index contributed by atoms with van der Waals surface area (Å²) in [5, 5.41) is 5.95. The number of para-hydroxylation sites is 1. The van der Waals surface area contributed by atoms with E-state index in [1.165, 1.54) is 0 Å². The fourth-order valence-corrected chi connectivity index (χ4v) is 1.47. The molecule has 90 valence electrons. The van der Waals surface area contributed by atoms with Gasteiger partial charge in [-0.3, -0.25) is 4.79 Å². The molecular formula is C14H18N2O. The molecule has 0 fully saturated rings. The molecule has 1 rings (SSSR count). The first-order chi connectivity index (χ1) is 8.26. The van der Waals surface area contributed by atoms with Crippen LogP contribution in [0, 0.1) is 12.3 Å². The number of carbonyl (C=O) groups excluding carboxylic acids is 1. The van der Waals surface area contributed by atoms with Crippen molar-refractivity contribution in [3.63, 3.8) is 0 Å². The van der Waals surface area contributed by atoms with Gasteiger partial charge in [0.15, 0.2) is 0 Å². The van der Waals surface area contributed by atoms with E-state index in [1.54, 1.807) is 0 Å². The summed E-state index contributed by atoms with van der Waals surface area (Å²) in [6.45, 7) is 2.33. The third-order valence-electron chi connectivity index (χ3n) is 2.47. The predicted molar refractivity (Wildman–Crippen MR) is 70.6 cm³/mol. The van der Waals surface area contributed by atoms with Gasteiger partial charge in [-0.25, -0.2) is 0 Å². The van der Waals surface area contributed by atoms with E-state index in [1.807, 2.05) is 37.3 Å². The second-order valence-corrected chi connectivity index (χ2v) is 3.81. The molecule has 1 amide bonds. The fraction of sp³-hybridized carbons (Fsp3) is 0.357.